The van der Waals surface area contributed by atoms with Gasteiger partial charge < -0.3 is 20.1 Å². The van der Waals surface area contributed by atoms with Gasteiger partial charge in [-0.15, -0.1) is 0 Å². The topological polar surface area (TPSA) is 94.5 Å². The number of aromatic nitrogens is 2. The lowest BCUT2D eigenvalue weighted by atomic mass is 10.1. The Hall–Kier alpha value is -3.65. The van der Waals surface area contributed by atoms with Crippen molar-refractivity contribution in [1.82, 2.24) is 20.4 Å². The zero-order valence-electron chi connectivity index (χ0n) is 16.9. The maximum absolute atomic E-state index is 12.8. The Morgan fingerprint density at radius 2 is 1.73 bits per heavy atom. The highest BCUT2D eigenvalue weighted by Crippen LogP contribution is 2.25. The lowest BCUT2D eigenvalue weighted by Gasteiger charge is -2.07. The van der Waals surface area contributed by atoms with E-state index in [-0.39, 0.29) is 18.4 Å². The number of nitrogens with zero attached hydrogens (tertiary/aromatic N) is 2. The molecule has 156 valence electrons. The molecule has 30 heavy (non-hydrogen) atoms. The fraction of sp³-hybridized carbons (Fsp3) is 0.227. The highest BCUT2D eigenvalue weighted by molar-refractivity contribution is 6.01. The molecular formula is C22H24N4O4. The lowest BCUT2D eigenvalue weighted by Crippen LogP contribution is -2.38. The number of hydrogen-bond donors (Lipinski definition) is 2. The van der Waals surface area contributed by atoms with E-state index in [1.165, 1.54) is 0 Å². The number of benzene rings is 2. The van der Waals surface area contributed by atoms with Gasteiger partial charge in [-0.2, -0.15) is 5.10 Å². The Labute approximate surface area is 174 Å². The number of carbonyl (C=O) groups is 2. The highest BCUT2D eigenvalue weighted by atomic mass is 16.5. The molecule has 3 rings (SSSR count). The average molecular weight is 408 g/mol. The molecule has 0 unspecified atom stereocenters. The van der Waals surface area contributed by atoms with E-state index in [2.05, 4.69) is 15.7 Å². The van der Waals surface area contributed by atoms with Crippen LogP contribution in [-0.2, 0) is 9.53 Å². The van der Waals surface area contributed by atoms with E-state index in [4.69, 9.17) is 9.47 Å². The first-order valence-electron chi connectivity index (χ1n) is 9.45. The number of nitrogens with one attached hydrogen (secondary N) is 2. The summed E-state index contributed by atoms with van der Waals surface area (Å²) in [4.78, 5) is 24.7. The molecule has 0 fully saturated rings. The maximum Gasteiger partial charge on any atom is 0.255 e. The van der Waals surface area contributed by atoms with Gasteiger partial charge in [0, 0.05) is 25.4 Å². The van der Waals surface area contributed by atoms with E-state index in [0.29, 0.717) is 30.2 Å². The van der Waals surface area contributed by atoms with Crippen LogP contribution in [0.1, 0.15) is 10.4 Å². The summed E-state index contributed by atoms with van der Waals surface area (Å²) in [6.45, 7) is 0.653. The van der Waals surface area contributed by atoms with E-state index in [0.717, 1.165) is 11.3 Å². The molecule has 1 aromatic heterocycles. The Morgan fingerprint density at radius 3 is 2.40 bits per heavy atom. The van der Waals surface area contributed by atoms with Gasteiger partial charge in [0.15, 0.2) is 0 Å². The Balaban J connectivity index is 1.84. The molecule has 0 spiro atoms. The molecule has 2 aromatic carbocycles. The second-order valence-corrected chi connectivity index (χ2v) is 6.43. The van der Waals surface area contributed by atoms with Crippen LogP contribution in [0.4, 0.5) is 0 Å². The summed E-state index contributed by atoms with van der Waals surface area (Å²) in [5, 5.41) is 9.93. The average Bonchev–Trinajstić information content (AvgIpc) is 3.24. The molecule has 0 aliphatic heterocycles. The minimum atomic E-state index is -0.384. The van der Waals surface area contributed by atoms with Crippen LogP contribution in [0.15, 0.2) is 60.8 Å². The van der Waals surface area contributed by atoms with Gasteiger partial charge in [0.2, 0.25) is 5.91 Å². The molecule has 8 heteroatoms. The first-order chi connectivity index (χ1) is 14.6. The normalized spacial score (nSPS) is 10.5. The van der Waals surface area contributed by atoms with Crippen molar-refractivity contribution in [2.45, 2.75) is 0 Å². The van der Waals surface area contributed by atoms with E-state index in [1.54, 1.807) is 25.1 Å². The van der Waals surface area contributed by atoms with Crippen LogP contribution in [0.25, 0.3) is 16.9 Å². The zero-order chi connectivity index (χ0) is 21.3. The zero-order valence-corrected chi connectivity index (χ0v) is 16.9. The fourth-order valence-electron chi connectivity index (χ4n) is 2.83. The summed E-state index contributed by atoms with van der Waals surface area (Å²) in [5.41, 5.74) is 2.47. The van der Waals surface area contributed by atoms with Crippen LogP contribution < -0.4 is 15.4 Å². The van der Waals surface area contributed by atoms with Gasteiger partial charge in [0.05, 0.1) is 31.5 Å². The van der Waals surface area contributed by atoms with Gasteiger partial charge in [0.1, 0.15) is 11.4 Å². The van der Waals surface area contributed by atoms with Gasteiger partial charge >= 0.3 is 0 Å². The van der Waals surface area contributed by atoms with Crippen molar-refractivity contribution in [2.24, 2.45) is 0 Å². The van der Waals surface area contributed by atoms with E-state index < -0.39 is 0 Å². The van der Waals surface area contributed by atoms with Crippen LogP contribution in [0, 0.1) is 0 Å². The monoisotopic (exact) mass is 408 g/mol. The largest absolute Gasteiger partial charge is 0.497 e. The van der Waals surface area contributed by atoms with Crippen molar-refractivity contribution >= 4 is 11.8 Å². The summed E-state index contributed by atoms with van der Waals surface area (Å²) in [7, 11) is 3.15. The quantitative estimate of drug-likeness (QED) is 0.529. The molecule has 1 heterocycles. The number of carbonyl (C=O) groups excluding carboxylic acids is 2. The number of para-hydroxylation sites is 1. The predicted octanol–water partition coefficient (Wildman–Crippen LogP) is 2.04. The first-order valence-corrected chi connectivity index (χ1v) is 9.45. The number of rotatable bonds is 9. The second kappa shape index (κ2) is 10.2. The standard InChI is InChI=1S/C22H24N4O4/c1-29-13-12-23-20(27)14-24-22(28)19-15-26(17-6-4-3-5-7-17)25-21(19)16-8-10-18(30-2)11-9-16/h3-11,15H,12-14H2,1-2H3,(H,23,27)(H,24,28). The smallest absolute Gasteiger partial charge is 0.255 e. The molecule has 0 saturated carbocycles. The first kappa shape index (κ1) is 21.1. The summed E-state index contributed by atoms with van der Waals surface area (Å²) in [5.74, 6) is 0.0340. The fourth-order valence-corrected chi connectivity index (χ4v) is 2.83. The van der Waals surface area contributed by atoms with Crippen LogP contribution in [0.3, 0.4) is 0 Å². The third-order valence-corrected chi connectivity index (χ3v) is 4.38. The highest BCUT2D eigenvalue weighted by Gasteiger charge is 2.19. The van der Waals surface area contributed by atoms with Crippen molar-refractivity contribution < 1.29 is 19.1 Å². The Kier molecular flexibility index (Phi) is 7.18. The molecular weight excluding hydrogens is 384 g/mol. The van der Waals surface area contributed by atoms with E-state index in [1.807, 2.05) is 54.6 Å². The van der Waals surface area contributed by atoms with Crippen LogP contribution >= 0.6 is 0 Å². The van der Waals surface area contributed by atoms with Crippen LogP contribution in [0.5, 0.6) is 5.75 Å². The predicted molar refractivity (Wildman–Crippen MR) is 113 cm³/mol. The second-order valence-electron chi connectivity index (χ2n) is 6.43. The molecule has 2 N–H and O–H groups in total. The molecule has 0 bridgehead atoms. The number of methoxy groups -OCH3 is 2. The SMILES string of the molecule is COCCNC(=O)CNC(=O)c1cn(-c2ccccc2)nc1-c1ccc(OC)cc1. The molecule has 8 nitrogen and oxygen atoms in total. The van der Waals surface area contributed by atoms with Crippen molar-refractivity contribution in [3.63, 3.8) is 0 Å². The summed E-state index contributed by atoms with van der Waals surface area (Å²) in [6, 6.07) is 16.8. The van der Waals surface area contributed by atoms with Gasteiger partial charge in [0.25, 0.3) is 5.91 Å². The van der Waals surface area contributed by atoms with Crippen molar-refractivity contribution in [1.29, 1.82) is 0 Å². The number of amides is 2. The van der Waals surface area contributed by atoms with Crippen LogP contribution in [0.2, 0.25) is 0 Å². The molecule has 0 atom stereocenters. The molecule has 2 amide bonds. The molecule has 0 saturated heterocycles. The number of hydrogen-bond acceptors (Lipinski definition) is 5. The van der Waals surface area contributed by atoms with Gasteiger partial charge in [-0.3, -0.25) is 9.59 Å². The Morgan fingerprint density at radius 1 is 1.00 bits per heavy atom. The van der Waals surface area contributed by atoms with Crippen molar-refractivity contribution in [2.75, 3.05) is 33.9 Å². The summed E-state index contributed by atoms with van der Waals surface area (Å²) in [6.07, 6.45) is 1.66. The number of ether oxygens (including phenoxy) is 2. The third-order valence-electron chi connectivity index (χ3n) is 4.38. The van der Waals surface area contributed by atoms with Gasteiger partial charge in [-0.05, 0) is 36.4 Å². The van der Waals surface area contributed by atoms with Gasteiger partial charge in [-0.1, -0.05) is 18.2 Å². The Bertz CT molecular complexity index is 984. The molecule has 0 radical (unpaired) electrons. The van der Waals surface area contributed by atoms with E-state index in [9.17, 15) is 9.59 Å². The maximum atomic E-state index is 12.8. The minimum absolute atomic E-state index is 0.138. The molecule has 0 aliphatic carbocycles. The molecule has 0 aliphatic rings. The summed E-state index contributed by atoms with van der Waals surface area (Å²) < 4.78 is 11.7. The van der Waals surface area contributed by atoms with Crippen molar-refractivity contribution in [3.8, 4) is 22.7 Å². The minimum Gasteiger partial charge on any atom is -0.497 e. The molecule has 3 aromatic rings. The lowest BCUT2D eigenvalue weighted by molar-refractivity contribution is -0.120. The third kappa shape index (κ3) is 5.24. The summed E-state index contributed by atoms with van der Waals surface area (Å²) >= 11 is 0. The van der Waals surface area contributed by atoms with Gasteiger partial charge in [-0.25, -0.2) is 4.68 Å². The van der Waals surface area contributed by atoms with Crippen LogP contribution in [-0.4, -0.2) is 55.5 Å². The van der Waals surface area contributed by atoms with E-state index >= 15 is 0 Å². The van der Waals surface area contributed by atoms with Crippen molar-refractivity contribution in [3.05, 3.63) is 66.4 Å².